The first-order valence-corrected chi connectivity index (χ1v) is 13.4. The Morgan fingerprint density at radius 3 is 2.21 bits per heavy atom. The van der Waals surface area contributed by atoms with Crippen molar-refractivity contribution < 1.29 is 14.3 Å². The summed E-state index contributed by atoms with van der Waals surface area (Å²) in [6, 6.07) is 21.1. The number of nitrogens with one attached hydrogen (secondary N) is 2. The number of aryl methyl sites for hydroxylation is 1. The number of hydrogen-bond acceptors (Lipinski definition) is 6. The van der Waals surface area contributed by atoms with E-state index < -0.39 is 0 Å². The molecule has 1 saturated heterocycles. The van der Waals surface area contributed by atoms with Crippen LogP contribution in [0.5, 0.6) is 5.75 Å². The quantitative estimate of drug-likeness (QED) is 0.382. The molecule has 0 aliphatic carbocycles. The van der Waals surface area contributed by atoms with E-state index in [0.717, 1.165) is 61.8 Å². The van der Waals surface area contributed by atoms with Crippen LogP contribution in [0.15, 0.2) is 66.7 Å². The van der Waals surface area contributed by atoms with Gasteiger partial charge in [-0.3, -0.25) is 9.59 Å². The highest BCUT2D eigenvalue weighted by atomic mass is 16.5. The van der Waals surface area contributed by atoms with Crippen LogP contribution in [0.25, 0.3) is 0 Å². The molecule has 0 aromatic heterocycles. The minimum Gasteiger partial charge on any atom is -0.495 e. The fourth-order valence-electron chi connectivity index (χ4n) is 4.87. The molecule has 1 fully saturated rings. The van der Waals surface area contributed by atoms with Crippen molar-refractivity contribution in [3.63, 3.8) is 0 Å². The summed E-state index contributed by atoms with van der Waals surface area (Å²) in [4.78, 5) is 33.0. The van der Waals surface area contributed by atoms with Gasteiger partial charge in [0.1, 0.15) is 5.75 Å². The number of piperazine rings is 1. The van der Waals surface area contributed by atoms with E-state index in [1.807, 2.05) is 69.6 Å². The first-order valence-electron chi connectivity index (χ1n) is 13.4. The number of benzene rings is 3. The summed E-state index contributed by atoms with van der Waals surface area (Å²) in [6.45, 7) is 6.51. The summed E-state index contributed by atoms with van der Waals surface area (Å²) in [7, 11) is 5.73. The van der Waals surface area contributed by atoms with E-state index >= 15 is 0 Å². The van der Waals surface area contributed by atoms with Crippen LogP contribution in [0.1, 0.15) is 32.7 Å². The first-order chi connectivity index (χ1) is 18.9. The van der Waals surface area contributed by atoms with Gasteiger partial charge in [-0.1, -0.05) is 30.3 Å². The summed E-state index contributed by atoms with van der Waals surface area (Å²) in [5.74, 6) is 0.531. The monoisotopic (exact) mass is 529 g/mol. The third-order valence-electron chi connectivity index (χ3n) is 7.00. The Labute approximate surface area is 231 Å². The highest BCUT2D eigenvalue weighted by Gasteiger charge is 2.24. The van der Waals surface area contributed by atoms with E-state index in [0.29, 0.717) is 23.4 Å². The van der Waals surface area contributed by atoms with Gasteiger partial charge in [-0.2, -0.15) is 0 Å². The van der Waals surface area contributed by atoms with Gasteiger partial charge in [-0.15, -0.1) is 0 Å². The van der Waals surface area contributed by atoms with Gasteiger partial charge in [0.15, 0.2) is 0 Å². The van der Waals surface area contributed by atoms with Crippen molar-refractivity contribution >= 4 is 28.9 Å². The van der Waals surface area contributed by atoms with E-state index in [9.17, 15) is 9.59 Å². The average Bonchev–Trinajstić information content (AvgIpc) is 2.95. The van der Waals surface area contributed by atoms with Gasteiger partial charge in [0, 0.05) is 49.7 Å². The largest absolute Gasteiger partial charge is 0.495 e. The molecule has 2 amide bonds. The van der Waals surface area contributed by atoms with Crippen molar-refractivity contribution in [1.29, 1.82) is 0 Å². The van der Waals surface area contributed by atoms with Crippen LogP contribution < -0.4 is 25.2 Å². The number of para-hydroxylation sites is 2. The van der Waals surface area contributed by atoms with E-state index in [2.05, 4.69) is 31.4 Å². The molecule has 0 atom stereocenters. The van der Waals surface area contributed by atoms with Crippen molar-refractivity contribution in [2.24, 2.45) is 0 Å². The number of ether oxygens (including phenoxy) is 1. The van der Waals surface area contributed by atoms with Crippen molar-refractivity contribution in [2.75, 3.05) is 75.6 Å². The number of hydrogen-bond donors (Lipinski definition) is 2. The lowest BCUT2D eigenvalue weighted by atomic mass is 10.1. The van der Waals surface area contributed by atoms with Gasteiger partial charge in [0.25, 0.3) is 11.8 Å². The molecule has 1 heterocycles. The second-order valence-corrected chi connectivity index (χ2v) is 10.1. The highest BCUT2D eigenvalue weighted by molar-refractivity contribution is 6.07. The lowest BCUT2D eigenvalue weighted by Gasteiger charge is -2.38. The third-order valence-corrected chi connectivity index (χ3v) is 7.00. The summed E-state index contributed by atoms with van der Waals surface area (Å²) in [5.41, 5.74) is 4.62. The molecular weight excluding hydrogens is 490 g/mol. The predicted octanol–water partition coefficient (Wildman–Crippen LogP) is 4.26. The van der Waals surface area contributed by atoms with Crippen LogP contribution in [0.3, 0.4) is 0 Å². The topological polar surface area (TPSA) is 77.1 Å². The molecule has 1 aliphatic heterocycles. The lowest BCUT2D eigenvalue weighted by Crippen LogP contribution is -2.47. The second kappa shape index (κ2) is 13.2. The Kier molecular flexibility index (Phi) is 9.44. The molecule has 0 radical (unpaired) electrons. The molecule has 2 N–H and O–H groups in total. The van der Waals surface area contributed by atoms with Gasteiger partial charge < -0.3 is 30.1 Å². The Morgan fingerprint density at radius 1 is 0.846 bits per heavy atom. The van der Waals surface area contributed by atoms with E-state index in [-0.39, 0.29) is 11.8 Å². The highest BCUT2D eigenvalue weighted by Crippen LogP contribution is 2.31. The Bertz CT molecular complexity index is 1280. The minimum absolute atomic E-state index is 0.136. The standard InChI is InChI=1S/C31H39N5O3/c1-23-10-5-6-11-25(23)31(38)33-24-14-15-27(26(22-24)30(37)32-16-9-17-34(2)3)35-18-20-36(21-19-35)28-12-7-8-13-29(28)39-4/h5-8,10-15,22H,9,16-21H2,1-4H3,(H,32,37)(H,33,38). The van der Waals surface area contributed by atoms with Gasteiger partial charge >= 0.3 is 0 Å². The van der Waals surface area contributed by atoms with Crippen LogP contribution in [0.4, 0.5) is 17.1 Å². The fourth-order valence-corrected chi connectivity index (χ4v) is 4.87. The van der Waals surface area contributed by atoms with Crippen molar-refractivity contribution in [2.45, 2.75) is 13.3 Å². The van der Waals surface area contributed by atoms with Crippen LogP contribution in [0, 0.1) is 6.92 Å². The number of anilines is 3. The van der Waals surface area contributed by atoms with Crippen molar-refractivity contribution in [3.8, 4) is 5.75 Å². The van der Waals surface area contributed by atoms with Gasteiger partial charge in [-0.05, 0) is 75.9 Å². The van der Waals surface area contributed by atoms with Crippen LogP contribution >= 0.6 is 0 Å². The summed E-state index contributed by atoms with van der Waals surface area (Å²) < 4.78 is 5.56. The first kappa shape index (κ1) is 28.0. The molecule has 206 valence electrons. The van der Waals surface area contributed by atoms with Crippen LogP contribution in [0.2, 0.25) is 0 Å². The maximum Gasteiger partial charge on any atom is 0.255 e. The average molecular weight is 530 g/mol. The SMILES string of the molecule is COc1ccccc1N1CCN(c2ccc(NC(=O)c3ccccc3C)cc2C(=O)NCCCN(C)C)CC1. The van der Waals surface area contributed by atoms with E-state index in [4.69, 9.17) is 4.74 Å². The molecule has 3 aromatic carbocycles. The molecule has 0 saturated carbocycles. The molecule has 4 rings (SSSR count). The Morgan fingerprint density at radius 2 is 1.51 bits per heavy atom. The number of methoxy groups -OCH3 is 1. The molecular formula is C31H39N5O3. The number of carbonyl (C=O) groups excluding carboxylic acids is 2. The molecule has 8 nitrogen and oxygen atoms in total. The Hall–Kier alpha value is -4.04. The normalized spacial score (nSPS) is 13.4. The lowest BCUT2D eigenvalue weighted by molar-refractivity contribution is 0.0951. The molecule has 0 bridgehead atoms. The summed E-state index contributed by atoms with van der Waals surface area (Å²) in [6.07, 6.45) is 0.857. The molecule has 3 aromatic rings. The van der Waals surface area contributed by atoms with Crippen molar-refractivity contribution in [1.82, 2.24) is 10.2 Å². The molecule has 8 heteroatoms. The number of rotatable bonds is 10. The molecule has 0 spiro atoms. The minimum atomic E-state index is -0.191. The zero-order valence-electron chi connectivity index (χ0n) is 23.4. The maximum absolute atomic E-state index is 13.4. The zero-order valence-corrected chi connectivity index (χ0v) is 23.4. The smallest absolute Gasteiger partial charge is 0.255 e. The summed E-state index contributed by atoms with van der Waals surface area (Å²) in [5, 5.41) is 6.05. The number of amides is 2. The third kappa shape index (κ3) is 7.09. The van der Waals surface area contributed by atoms with Gasteiger partial charge in [-0.25, -0.2) is 0 Å². The number of carbonyl (C=O) groups is 2. The van der Waals surface area contributed by atoms with Crippen molar-refractivity contribution in [3.05, 3.63) is 83.4 Å². The fraction of sp³-hybridized carbons (Fsp3) is 0.355. The van der Waals surface area contributed by atoms with Crippen LogP contribution in [-0.2, 0) is 0 Å². The molecule has 39 heavy (non-hydrogen) atoms. The van der Waals surface area contributed by atoms with Gasteiger partial charge in [0.2, 0.25) is 0 Å². The Balaban J connectivity index is 1.53. The predicted molar refractivity (Wildman–Crippen MR) is 158 cm³/mol. The molecule has 0 unspecified atom stereocenters. The van der Waals surface area contributed by atoms with E-state index in [1.54, 1.807) is 19.2 Å². The second-order valence-electron chi connectivity index (χ2n) is 10.1. The van der Waals surface area contributed by atoms with Gasteiger partial charge in [0.05, 0.1) is 18.4 Å². The number of nitrogens with zero attached hydrogens (tertiary/aromatic N) is 3. The van der Waals surface area contributed by atoms with E-state index in [1.165, 1.54) is 0 Å². The molecule has 1 aliphatic rings. The van der Waals surface area contributed by atoms with Crippen LogP contribution in [-0.4, -0.2) is 77.2 Å². The summed E-state index contributed by atoms with van der Waals surface area (Å²) >= 11 is 0. The zero-order chi connectivity index (χ0) is 27.8. The maximum atomic E-state index is 13.4.